The first kappa shape index (κ1) is 15.0. The molecule has 0 bridgehead atoms. The van der Waals surface area contributed by atoms with Crippen molar-refractivity contribution in [3.8, 4) is 0 Å². The predicted molar refractivity (Wildman–Crippen MR) is 73.6 cm³/mol. The van der Waals surface area contributed by atoms with E-state index in [1.165, 1.54) is 0 Å². The molecule has 1 unspecified atom stereocenters. The highest BCUT2D eigenvalue weighted by atomic mass is 16.4. The molecule has 4 N–H and O–H groups in total. The Hall–Kier alpha value is -2.04. The van der Waals surface area contributed by atoms with Crippen LogP contribution in [0.3, 0.4) is 0 Å². The molecule has 1 amide bonds. The Morgan fingerprint density at radius 1 is 1.37 bits per heavy atom. The Balaban J connectivity index is 2.60. The van der Waals surface area contributed by atoms with E-state index in [1.807, 2.05) is 19.9 Å². The van der Waals surface area contributed by atoms with Gasteiger partial charge in [0.1, 0.15) is 0 Å². The molecule has 0 aliphatic heterocycles. The molecule has 1 atom stereocenters. The average molecular weight is 264 g/mol. The SMILES string of the molecule is CC(C)C(CC(=O)O)NC(=O)Cc1cccc(N)c1. The number of carbonyl (C=O) groups is 2. The number of carboxylic acid groups (broad SMARTS) is 1. The quantitative estimate of drug-likeness (QED) is 0.678. The third kappa shape index (κ3) is 5.42. The van der Waals surface area contributed by atoms with Crippen LogP contribution in [0.15, 0.2) is 24.3 Å². The van der Waals surface area contributed by atoms with E-state index in [9.17, 15) is 9.59 Å². The fourth-order valence-electron chi connectivity index (χ4n) is 1.79. The zero-order chi connectivity index (χ0) is 14.4. The van der Waals surface area contributed by atoms with Gasteiger partial charge in [0.2, 0.25) is 5.91 Å². The lowest BCUT2D eigenvalue weighted by atomic mass is 10.0. The molecule has 0 aliphatic rings. The van der Waals surface area contributed by atoms with Crippen molar-refractivity contribution < 1.29 is 14.7 Å². The Bertz CT molecular complexity index is 458. The number of amides is 1. The molecule has 0 saturated heterocycles. The van der Waals surface area contributed by atoms with Gasteiger partial charge >= 0.3 is 5.97 Å². The van der Waals surface area contributed by atoms with Gasteiger partial charge in [0.15, 0.2) is 0 Å². The highest BCUT2D eigenvalue weighted by Crippen LogP contribution is 2.09. The first-order chi connectivity index (χ1) is 8.88. The van der Waals surface area contributed by atoms with E-state index in [2.05, 4.69) is 5.32 Å². The summed E-state index contributed by atoms with van der Waals surface area (Å²) in [6.07, 6.45) is 0.133. The summed E-state index contributed by atoms with van der Waals surface area (Å²) in [5.74, 6) is -1.03. The van der Waals surface area contributed by atoms with E-state index < -0.39 is 5.97 Å². The smallest absolute Gasteiger partial charge is 0.305 e. The van der Waals surface area contributed by atoms with E-state index in [1.54, 1.807) is 18.2 Å². The molecule has 0 aromatic heterocycles. The minimum atomic E-state index is -0.914. The van der Waals surface area contributed by atoms with Gasteiger partial charge in [-0.25, -0.2) is 0 Å². The molecule has 5 heteroatoms. The number of nitrogen functional groups attached to an aromatic ring is 1. The fraction of sp³-hybridized carbons (Fsp3) is 0.429. The number of rotatable bonds is 6. The van der Waals surface area contributed by atoms with Gasteiger partial charge in [0, 0.05) is 11.7 Å². The molecule has 0 radical (unpaired) electrons. The Kier molecular flexibility index (Phi) is 5.36. The van der Waals surface area contributed by atoms with Crippen LogP contribution in [-0.4, -0.2) is 23.0 Å². The second-order valence-corrected chi connectivity index (χ2v) is 4.94. The molecule has 0 fully saturated rings. The summed E-state index contributed by atoms with van der Waals surface area (Å²) in [7, 11) is 0. The number of carbonyl (C=O) groups excluding carboxylic acids is 1. The van der Waals surface area contributed by atoms with Crippen molar-refractivity contribution in [2.45, 2.75) is 32.7 Å². The van der Waals surface area contributed by atoms with Crippen LogP contribution in [-0.2, 0) is 16.0 Å². The van der Waals surface area contributed by atoms with Crippen molar-refractivity contribution >= 4 is 17.6 Å². The van der Waals surface area contributed by atoms with Crippen LogP contribution in [0.2, 0.25) is 0 Å². The Morgan fingerprint density at radius 2 is 2.05 bits per heavy atom. The van der Waals surface area contributed by atoms with E-state index >= 15 is 0 Å². The molecular weight excluding hydrogens is 244 g/mol. The third-order valence-electron chi connectivity index (χ3n) is 2.86. The summed E-state index contributed by atoms with van der Waals surface area (Å²) in [4.78, 5) is 22.6. The molecule has 5 nitrogen and oxygen atoms in total. The summed E-state index contributed by atoms with van der Waals surface area (Å²) in [5, 5.41) is 11.6. The molecule has 19 heavy (non-hydrogen) atoms. The maximum Gasteiger partial charge on any atom is 0.305 e. The van der Waals surface area contributed by atoms with Crippen LogP contribution >= 0.6 is 0 Å². The maximum atomic E-state index is 11.9. The molecule has 0 heterocycles. The van der Waals surface area contributed by atoms with Gasteiger partial charge in [0.05, 0.1) is 12.8 Å². The predicted octanol–water partition coefficient (Wildman–Crippen LogP) is 1.43. The van der Waals surface area contributed by atoms with Crippen molar-refractivity contribution in [3.05, 3.63) is 29.8 Å². The zero-order valence-corrected chi connectivity index (χ0v) is 11.2. The molecule has 104 valence electrons. The van der Waals surface area contributed by atoms with Crippen molar-refractivity contribution in [1.29, 1.82) is 0 Å². The third-order valence-corrected chi connectivity index (χ3v) is 2.86. The van der Waals surface area contributed by atoms with Crippen molar-refractivity contribution in [1.82, 2.24) is 5.32 Å². The van der Waals surface area contributed by atoms with E-state index in [4.69, 9.17) is 10.8 Å². The summed E-state index contributed by atoms with van der Waals surface area (Å²) in [6.45, 7) is 3.77. The molecular formula is C14H20N2O3. The lowest BCUT2D eigenvalue weighted by molar-refractivity contribution is -0.138. The first-order valence-corrected chi connectivity index (χ1v) is 6.24. The second-order valence-electron chi connectivity index (χ2n) is 4.94. The maximum absolute atomic E-state index is 11.9. The van der Waals surface area contributed by atoms with Gasteiger partial charge in [0.25, 0.3) is 0 Å². The van der Waals surface area contributed by atoms with Gasteiger partial charge < -0.3 is 16.2 Å². The van der Waals surface area contributed by atoms with Crippen molar-refractivity contribution in [3.63, 3.8) is 0 Å². The van der Waals surface area contributed by atoms with Gasteiger partial charge in [-0.3, -0.25) is 9.59 Å². The van der Waals surface area contributed by atoms with Gasteiger partial charge in [-0.15, -0.1) is 0 Å². The lowest BCUT2D eigenvalue weighted by Gasteiger charge is -2.20. The molecule has 0 spiro atoms. The number of benzene rings is 1. The van der Waals surface area contributed by atoms with E-state index in [0.29, 0.717) is 5.69 Å². The molecule has 0 aliphatic carbocycles. The molecule has 0 saturated carbocycles. The molecule has 1 rings (SSSR count). The number of carboxylic acids is 1. The minimum absolute atomic E-state index is 0.0691. The molecule has 1 aromatic carbocycles. The summed E-state index contributed by atoms with van der Waals surface area (Å²) >= 11 is 0. The summed E-state index contributed by atoms with van der Waals surface area (Å²) in [5.41, 5.74) is 7.06. The van der Waals surface area contributed by atoms with Gasteiger partial charge in [-0.2, -0.15) is 0 Å². The minimum Gasteiger partial charge on any atom is -0.481 e. The van der Waals surface area contributed by atoms with Crippen LogP contribution in [0.25, 0.3) is 0 Å². The number of anilines is 1. The lowest BCUT2D eigenvalue weighted by Crippen LogP contribution is -2.40. The summed E-state index contributed by atoms with van der Waals surface area (Å²) in [6, 6.07) is 6.74. The van der Waals surface area contributed by atoms with Gasteiger partial charge in [-0.1, -0.05) is 26.0 Å². The highest BCUT2D eigenvalue weighted by molar-refractivity contribution is 5.80. The Morgan fingerprint density at radius 3 is 2.58 bits per heavy atom. The Labute approximate surface area is 112 Å². The van der Waals surface area contributed by atoms with E-state index in [0.717, 1.165) is 5.56 Å². The fourth-order valence-corrected chi connectivity index (χ4v) is 1.79. The van der Waals surface area contributed by atoms with Crippen LogP contribution in [0.1, 0.15) is 25.8 Å². The van der Waals surface area contributed by atoms with Gasteiger partial charge in [-0.05, 0) is 23.6 Å². The summed E-state index contributed by atoms with van der Waals surface area (Å²) < 4.78 is 0. The zero-order valence-electron chi connectivity index (χ0n) is 11.2. The second kappa shape index (κ2) is 6.78. The van der Waals surface area contributed by atoms with Crippen LogP contribution in [0.4, 0.5) is 5.69 Å². The monoisotopic (exact) mass is 264 g/mol. The number of aliphatic carboxylic acids is 1. The number of nitrogens with two attached hydrogens (primary N) is 1. The highest BCUT2D eigenvalue weighted by Gasteiger charge is 2.19. The van der Waals surface area contributed by atoms with Crippen LogP contribution in [0.5, 0.6) is 0 Å². The molecule has 1 aromatic rings. The number of nitrogens with one attached hydrogen (secondary N) is 1. The first-order valence-electron chi connectivity index (χ1n) is 6.24. The standard InChI is InChI=1S/C14H20N2O3/c1-9(2)12(8-14(18)19)16-13(17)7-10-4-3-5-11(15)6-10/h3-6,9,12H,7-8,15H2,1-2H3,(H,16,17)(H,18,19). The number of hydrogen-bond donors (Lipinski definition) is 3. The van der Waals surface area contributed by atoms with Crippen molar-refractivity contribution in [2.75, 3.05) is 5.73 Å². The average Bonchev–Trinajstić information content (AvgIpc) is 2.27. The van der Waals surface area contributed by atoms with Crippen LogP contribution in [0, 0.1) is 5.92 Å². The normalized spacial score (nSPS) is 12.2. The largest absolute Gasteiger partial charge is 0.481 e. The topological polar surface area (TPSA) is 92.4 Å². The van der Waals surface area contributed by atoms with E-state index in [-0.39, 0.29) is 30.7 Å². The van der Waals surface area contributed by atoms with Crippen molar-refractivity contribution in [2.24, 2.45) is 5.92 Å². The number of hydrogen-bond acceptors (Lipinski definition) is 3. The van der Waals surface area contributed by atoms with Crippen LogP contribution < -0.4 is 11.1 Å².